The van der Waals surface area contributed by atoms with Crippen LogP contribution in [-0.4, -0.2) is 27.0 Å². The molecule has 0 radical (unpaired) electrons. The quantitative estimate of drug-likeness (QED) is 0.864. The molecule has 0 fully saturated rings. The van der Waals surface area contributed by atoms with Gasteiger partial charge >= 0.3 is 0 Å². The zero-order valence-corrected chi connectivity index (χ0v) is 11.7. The number of anilines is 1. The normalized spacial score (nSPS) is 12.2. The van der Waals surface area contributed by atoms with Gasteiger partial charge in [0.15, 0.2) is 5.82 Å². The summed E-state index contributed by atoms with van der Waals surface area (Å²) in [5.74, 6) is 1.20. The zero-order valence-electron chi connectivity index (χ0n) is 11.7. The Bertz CT molecular complexity index is 589. The van der Waals surface area contributed by atoms with E-state index in [4.69, 9.17) is 5.73 Å². The molecule has 0 saturated heterocycles. The Morgan fingerprint density at radius 1 is 1.45 bits per heavy atom. The van der Waals surface area contributed by atoms with Crippen molar-refractivity contribution in [3.05, 3.63) is 36.5 Å². The Kier molecular flexibility index (Phi) is 4.47. The van der Waals surface area contributed by atoms with Crippen molar-refractivity contribution < 1.29 is 4.79 Å². The zero-order chi connectivity index (χ0) is 14.5. The predicted octanol–water partition coefficient (Wildman–Crippen LogP) is 1.50. The molecular formula is C14H19N5O. The Morgan fingerprint density at radius 3 is 2.85 bits per heavy atom. The van der Waals surface area contributed by atoms with Gasteiger partial charge in [0.25, 0.3) is 0 Å². The Morgan fingerprint density at radius 2 is 2.25 bits per heavy atom. The maximum absolute atomic E-state index is 12.1. The fourth-order valence-electron chi connectivity index (χ4n) is 1.98. The van der Waals surface area contributed by atoms with Gasteiger partial charge in [-0.1, -0.05) is 6.92 Å². The van der Waals surface area contributed by atoms with Crippen molar-refractivity contribution >= 4 is 11.6 Å². The van der Waals surface area contributed by atoms with E-state index in [1.165, 1.54) is 0 Å². The molecule has 0 bridgehead atoms. The summed E-state index contributed by atoms with van der Waals surface area (Å²) in [5.41, 5.74) is 6.26. The lowest BCUT2D eigenvalue weighted by Gasteiger charge is -2.15. The smallest absolute Gasteiger partial charge is 0.228 e. The minimum atomic E-state index is -0.188. The molecule has 1 atom stereocenters. The van der Waals surface area contributed by atoms with Crippen molar-refractivity contribution in [1.29, 1.82) is 0 Å². The number of aryl methyl sites for hydroxylation is 1. The lowest BCUT2D eigenvalue weighted by Crippen LogP contribution is -2.29. The second kappa shape index (κ2) is 6.29. The second-order valence-corrected chi connectivity index (χ2v) is 4.55. The molecule has 0 aromatic carbocycles. The summed E-state index contributed by atoms with van der Waals surface area (Å²) in [6, 6.07) is 3.61. The fourth-order valence-corrected chi connectivity index (χ4v) is 1.98. The highest BCUT2D eigenvalue weighted by Gasteiger charge is 2.17. The first-order valence-corrected chi connectivity index (χ1v) is 6.63. The van der Waals surface area contributed by atoms with Gasteiger partial charge in [-0.05, 0) is 25.5 Å². The molecule has 6 heteroatoms. The van der Waals surface area contributed by atoms with Gasteiger partial charge in [-0.25, -0.2) is 9.97 Å². The van der Waals surface area contributed by atoms with Crippen molar-refractivity contribution in [2.75, 3.05) is 11.9 Å². The van der Waals surface area contributed by atoms with Crippen LogP contribution < -0.4 is 11.1 Å². The van der Waals surface area contributed by atoms with Crippen LogP contribution >= 0.6 is 0 Å². The van der Waals surface area contributed by atoms with E-state index in [1.54, 1.807) is 18.5 Å². The molecular weight excluding hydrogens is 254 g/mol. The van der Waals surface area contributed by atoms with Crippen molar-refractivity contribution in [3.8, 4) is 5.82 Å². The molecule has 2 rings (SSSR count). The predicted molar refractivity (Wildman–Crippen MR) is 77.6 cm³/mol. The minimum Gasteiger partial charge on any atom is -0.330 e. The van der Waals surface area contributed by atoms with Crippen molar-refractivity contribution in [1.82, 2.24) is 14.5 Å². The number of nitrogens with two attached hydrogens (primary N) is 1. The maximum atomic E-state index is 12.1. The van der Waals surface area contributed by atoms with Gasteiger partial charge in [0.1, 0.15) is 5.82 Å². The number of carbonyl (C=O) groups excluding carboxylic acids is 1. The van der Waals surface area contributed by atoms with Crippen LogP contribution in [0.3, 0.4) is 0 Å². The van der Waals surface area contributed by atoms with Crippen molar-refractivity contribution in [2.45, 2.75) is 20.3 Å². The molecule has 0 spiro atoms. The highest BCUT2D eigenvalue weighted by Crippen LogP contribution is 2.19. The molecule has 20 heavy (non-hydrogen) atoms. The number of nitrogens with zero attached hydrogens (tertiary/aromatic N) is 3. The van der Waals surface area contributed by atoms with Crippen LogP contribution in [0.2, 0.25) is 0 Å². The summed E-state index contributed by atoms with van der Waals surface area (Å²) < 4.78 is 1.83. The Labute approximate surface area is 118 Å². The monoisotopic (exact) mass is 273 g/mol. The van der Waals surface area contributed by atoms with Gasteiger partial charge in [0, 0.05) is 25.1 Å². The van der Waals surface area contributed by atoms with Crippen LogP contribution in [0, 0.1) is 12.8 Å². The van der Waals surface area contributed by atoms with Gasteiger partial charge in [0.2, 0.25) is 5.91 Å². The Hall–Kier alpha value is -2.21. The summed E-state index contributed by atoms with van der Waals surface area (Å²) in [5, 5.41) is 2.90. The van der Waals surface area contributed by atoms with Crippen LogP contribution in [0.5, 0.6) is 0 Å². The third kappa shape index (κ3) is 2.85. The largest absolute Gasteiger partial charge is 0.330 e. The van der Waals surface area contributed by atoms with E-state index >= 15 is 0 Å². The van der Waals surface area contributed by atoms with Gasteiger partial charge in [-0.15, -0.1) is 0 Å². The van der Waals surface area contributed by atoms with E-state index < -0.39 is 0 Å². The first-order chi connectivity index (χ1) is 9.67. The van der Waals surface area contributed by atoms with Gasteiger partial charge in [-0.2, -0.15) is 0 Å². The molecule has 3 N–H and O–H groups in total. The summed E-state index contributed by atoms with van der Waals surface area (Å²) in [7, 11) is 0. The third-order valence-electron chi connectivity index (χ3n) is 3.25. The molecule has 2 aromatic rings. The van der Waals surface area contributed by atoms with E-state index in [0.29, 0.717) is 24.5 Å². The molecule has 2 aromatic heterocycles. The first kappa shape index (κ1) is 14.2. The maximum Gasteiger partial charge on any atom is 0.228 e. The topological polar surface area (TPSA) is 85.8 Å². The van der Waals surface area contributed by atoms with E-state index in [2.05, 4.69) is 15.3 Å². The molecule has 0 aliphatic carbocycles. The average molecular weight is 273 g/mol. The number of aromatic nitrogens is 3. The summed E-state index contributed by atoms with van der Waals surface area (Å²) in [6.45, 7) is 4.16. The van der Waals surface area contributed by atoms with Gasteiger partial charge < -0.3 is 11.1 Å². The Balaban J connectivity index is 2.30. The number of carbonyl (C=O) groups is 1. The molecule has 1 amide bonds. The molecule has 1 unspecified atom stereocenters. The number of rotatable bonds is 5. The van der Waals surface area contributed by atoms with Gasteiger partial charge in [0.05, 0.1) is 11.6 Å². The van der Waals surface area contributed by atoms with Crippen LogP contribution in [0.15, 0.2) is 30.7 Å². The standard InChI is InChI=1S/C14H19N5O/c1-3-11(9-15)14(20)18-12-5-4-6-17-13(12)19-8-7-16-10(19)2/h4-8,11H,3,9,15H2,1-2H3,(H,18,20). The fraction of sp³-hybridized carbons (Fsp3) is 0.357. The molecule has 0 saturated carbocycles. The number of imidazole rings is 1. The summed E-state index contributed by atoms with van der Waals surface area (Å²) in [4.78, 5) is 20.6. The highest BCUT2D eigenvalue weighted by molar-refractivity contribution is 5.94. The lowest BCUT2D eigenvalue weighted by atomic mass is 10.1. The highest BCUT2D eigenvalue weighted by atomic mass is 16.1. The van der Waals surface area contributed by atoms with Crippen LogP contribution in [0.1, 0.15) is 19.2 Å². The average Bonchev–Trinajstić information content (AvgIpc) is 2.87. The first-order valence-electron chi connectivity index (χ1n) is 6.63. The minimum absolute atomic E-state index is 0.0815. The van der Waals surface area contributed by atoms with Crippen LogP contribution in [0.4, 0.5) is 5.69 Å². The molecule has 2 heterocycles. The van der Waals surface area contributed by atoms with Crippen LogP contribution in [-0.2, 0) is 4.79 Å². The number of hydrogen-bond donors (Lipinski definition) is 2. The number of nitrogens with one attached hydrogen (secondary N) is 1. The van der Waals surface area contributed by atoms with Crippen LogP contribution in [0.25, 0.3) is 5.82 Å². The summed E-state index contributed by atoms with van der Waals surface area (Å²) in [6.07, 6.45) is 5.91. The van der Waals surface area contributed by atoms with Gasteiger partial charge in [-0.3, -0.25) is 9.36 Å². The number of amides is 1. The lowest BCUT2D eigenvalue weighted by molar-refractivity contribution is -0.119. The molecule has 106 valence electrons. The summed E-state index contributed by atoms with van der Waals surface area (Å²) >= 11 is 0. The van der Waals surface area contributed by atoms with Crippen molar-refractivity contribution in [3.63, 3.8) is 0 Å². The van der Waals surface area contributed by atoms with Crippen molar-refractivity contribution in [2.24, 2.45) is 11.7 Å². The SMILES string of the molecule is CCC(CN)C(=O)Nc1cccnc1-n1ccnc1C. The number of hydrogen-bond acceptors (Lipinski definition) is 4. The number of pyridine rings is 1. The molecule has 6 nitrogen and oxygen atoms in total. The third-order valence-corrected chi connectivity index (χ3v) is 3.25. The van der Waals surface area contributed by atoms with E-state index in [1.807, 2.05) is 30.7 Å². The molecule has 0 aliphatic rings. The van der Waals surface area contributed by atoms with E-state index in [-0.39, 0.29) is 11.8 Å². The van der Waals surface area contributed by atoms with E-state index in [0.717, 1.165) is 5.82 Å². The van der Waals surface area contributed by atoms with E-state index in [9.17, 15) is 4.79 Å². The second-order valence-electron chi connectivity index (χ2n) is 4.55. The molecule has 0 aliphatic heterocycles.